The largest absolute Gasteiger partial charge is 0.385 e. The maximum absolute atomic E-state index is 13.0. The summed E-state index contributed by atoms with van der Waals surface area (Å²) in [7, 11) is 0. The molecular weight excluding hydrogens is 281 g/mol. The molecule has 1 fully saturated rings. The van der Waals surface area contributed by atoms with Gasteiger partial charge in [0.05, 0.1) is 5.60 Å². The van der Waals surface area contributed by atoms with E-state index < -0.39 is 5.60 Å². The molecule has 0 unspecified atom stereocenters. The molecule has 1 aromatic heterocycles. The van der Waals surface area contributed by atoms with Crippen LogP contribution < -0.4 is 0 Å². The third kappa shape index (κ3) is 3.31. The minimum absolute atomic E-state index is 0.274. The number of benzene rings is 1. The van der Waals surface area contributed by atoms with E-state index in [1.54, 1.807) is 12.1 Å². The molecule has 4 nitrogen and oxygen atoms in total. The molecule has 2 heterocycles. The third-order valence-electron chi connectivity index (χ3n) is 4.31. The van der Waals surface area contributed by atoms with Gasteiger partial charge in [0.15, 0.2) is 0 Å². The van der Waals surface area contributed by atoms with Crippen LogP contribution in [0.4, 0.5) is 4.39 Å². The zero-order valence-corrected chi connectivity index (χ0v) is 12.7. The Bertz CT molecular complexity index is 619. The van der Waals surface area contributed by atoms with Gasteiger partial charge >= 0.3 is 0 Å². The van der Waals surface area contributed by atoms with Crippen LogP contribution in [0.5, 0.6) is 0 Å². The SMILES string of the molecule is Cc1ncc(CN2CCC(O)(c3ccc(F)cc3)CC2)cn1. The minimum Gasteiger partial charge on any atom is -0.385 e. The number of hydrogen-bond acceptors (Lipinski definition) is 4. The molecule has 0 aliphatic carbocycles. The van der Waals surface area contributed by atoms with Gasteiger partial charge in [0.25, 0.3) is 0 Å². The van der Waals surface area contributed by atoms with Gasteiger partial charge in [0.2, 0.25) is 0 Å². The lowest BCUT2D eigenvalue weighted by molar-refractivity contribution is -0.0278. The van der Waals surface area contributed by atoms with Gasteiger partial charge in [-0.05, 0) is 37.5 Å². The lowest BCUT2D eigenvalue weighted by atomic mass is 9.84. The van der Waals surface area contributed by atoms with Crippen molar-refractivity contribution in [2.45, 2.75) is 31.9 Å². The average Bonchev–Trinajstić information content (AvgIpc) is 2.52. The lowest BCUT2D eigenvalue weighted by Crippen LogP contribution is -2.42. The molecular formula is C17H20FN3O. The Hall–Kier alpha value is -1.85. The van der Waals surface area contributed by atoms with E-state index in [9.17, 15) is 9.50 Å². The highest BCUT2D eigenvalue weighted by atomic mass is 19.1. The molecule has 5 heteroatoms. The summed E-state index contributed by atoms with van der Waals surface area (Å²) in [5, 5.41) is 10.8. The van der Waals surface area contributed by atoms with Gasteiger partial charge in [-0.2, -0.15) is 0 Å². The number of aromatic nitrogens is 2. The highest BCUT2D eigenvalue weighted by Gasteiger charge is 2.33. The van der Waals surface area contributed by atoms with Crippen LogP contribution in [-0.2, 0) is 12.1 Å². The Morgan fingerprint density at radius 3 is 2.32 bits per heavy atom. The van der Waals surface area contributed by atoms with E-state index >= 15 is 0 Å². The summed E-state index contributed by atoms with van der Waals surface area (Å²) in [6, 6.07) is 6.17. The Kier molecular flexibility index (Phi) is 4.18. The van der Waals surface area contributed by atoms with E-state index in [1.165, 1.54) is 12.1 Å². The first-order valence-corrected chi connectivity index (χ1v) is 7.53. The van der Waals surface area contributed by atoms with Gasteiger partial charge < -0.3 is 5.11 Å². The van der Waals surface area contributed by atoms with Crippen LogP contribution >= 0.6 is 0 Å². The molecule has 2 aromatic rings. The number of hydrogen-bond donors (Lipinski definition) is 1. The average molecular weight is 301 g/mol. The van der Waals surface area contributed by atoms with Gasteiger partial charge in [-0.15, -0.1) is 0 Å². The zero-order chi connectivity index (χ0) is 15.6. The summed E-state index contributed by atoms with van der Waals surface area (Å²) < 4.78 is 13.0. The van der Waals surface area contributed by atoms with Crippen molar-refractivity contribution in [1.82, 2.24) is 14.9 Å². The number of aliphatic hydroxyl groups is 1. The van der Waals surface area contributed by atoms with Crippen molar-refractivity contribution in [2.75, 3.05) is 13.1 Å². The van der Waals surface area contributed by atoms with Crippen LogP contribution in [-0.4, -0.2) is 33.1 Å². The highest BCUT2D eigenvalue weighted by Crippen LogP contribution is 2.33. The number of likely N-dealkylation sites (tertiary alicyclic amines) is 1. The fourth-order valence-corrected chi connectivity index (χ4v) is 2.89. The molecule has 0 amide bonds. The molecule has 22 heavy (non-hydrogen) atoms. The second kappa shape index (κ2) is 6.10. The molecule has 3 rings (SSSR count). The van der Waals surface area contributed by atoms with Crippen molar-refractivity contribution in [3.63, 3.8) is 0 Å². The molecule has 0 radical (unpaired) electrons. The normalized spacial score (nSPS) is 18.3. The molecule has 0 spiro atoms. The number of piperidine rings is 1. The van der Waals surface area contributed by atoms with Crippen molar-refractivity contribution in [1.29, 1.82) is 0 Å². The number of aryl methyl sites for hydroxylation is 1. The van der Waals surface area contributed by atoms with Crippen molar-refractivity contribution in [3.8, 4) is 0 Å². The van der Waals surface area contributed by atoms with Crippen LogP contribution in [0.25, 0.3) is 0 Å². The molecule has 0 atom stereocenters. The Balaban J connectivity index is 1.62. The number of rotatable bonds is 3. The first kappa shape index (κ1) is 15.1. The maximum Gasteiger partial charge on any atom is 0.125 e. The lowest BCUT2D eigenvalue weighted by Gasteiger charge is -2.38. The smallest absolute Gasteiger partial charge is 0.125 e. The van der Waals surface area contributed by atoms with Crippen molar-refractivity contribution in [2.24, 2.45) is 0 Å². The van der Waals surface area contributed by atoms with Crippen LogP contribution in [0.1, 0.15) is 29.8 Å². The van der Waals surface area contributed by atoms with E-state index in [0.717, 1.165) is 36.6 Å². The van der Waals surface area contributed by atoms with Gasteiger partial charge in [0, 0.05) is 37.6 Å². The second-order valence-electron chi connectivity index (χ2n) is 5.95. The van der Waals surface area contributed by atoms with E-state index in [-0.39, 0.29) is 5.82 Å². The summed E-state index contributed by atoms with van der Waals surface area (Å²) in [4.78, 5) is 10.7. The van der Waals surface area contributed by atoms with E-state index in [4.69, 9.17) is 0 Å². The summed E-state index contributed by atoms with van der Waals surface area (Å²) in [5.74, 6) is 0.497. The predicted octanol–water partition coefficient (Wildman–Crippen LogP) is 2.41. The third-order valence-corrected chi connectivity index (χ3v) is 4.31. The molecule has 0 saturated carbocycles. The van der Waals surface area contributed by atoms with E-state index in [0.29, 0.717) is 12.8 Å². The second-order valence-corrected chi connectivity index (χ2v) is 5.95. The van der Waals surface area contributed by atoms with Crippen LogP contribution in [0.2, 0.25) is 0 Å². The highest BCUT2D eigenvalue weighted by molar-refractivity contribution is 5.23. The summed E-state index contributed by atoms with van der Waals surface area (Å²) in [5.41, 5.74) is 1.03. The summed E-state index contributed by atoms with van der Waals surface area (Å²) in [6.45, 7) is 4.25. The summed E-state index contributed by atoms with van der Waals surface area (Å²) >= 11 is 0. The summed E-state index contributed by atoms with van der Waals surface area (Å²) in [6.07, 6.45) is 4.99. The first-order valence-electron chi connectivity index (χ1n) is 7.53. The number of halogens is 1. The topological polar surface area (TPSA) is 49.2 Å². The molecule has 1 saturated heterocycles. The Morgan fingerprint density at radius 2 is 1.73 bits per heavy atom. The van der Waals surface area contributed by atoms with Crippen molar-refractivity contribution in [3.05, 3.63) is 59.4 Å². The molecule has 1 aliphatic heterocycles. The minimum atomic E-state index is -0.853. The Labute approximate surface area is 129 Å². The fraction of sp³-hybridized carbons (Fsp3) is 0.412. The molecule has 116 valence electrons. The van der Waals surface area contributed by atoms with Gasteiger partial charge in [-0.1, -0.05) is 12.1 Å². The van der Waals surface area contributed by atoms with E-state index in [2.05, 4.69) is 14.9 Å². The molecule has 1 aliphatic rings. The fourth-order valence-electron chi connectivity index (χ4n) is 2.89. The predicted molar refractivity (Wildman–Crippen MR) is 81.6 cm³/mol. The maximum atomic E-state index is 13.0. The molecule has 0 bridgehead atoms. The molecule has 1 N–H and O–H groups in total. The van der Waals surface area contributed by atoms with E-state index in [1.807, 2.05) is 19.3 Å². The van der Waals surface area contributed by atoms with Crippen molar-refractivity contribution < 1.29 is 9.50 Å². The Morgan fingerprint density at radius 1 is 1.14 bits per heavy atom. The zero-order valence-electron chi connectivity index (χ0n) is 12.7. The van der Waals surface area contributed by atoms with Crippen LogP contribution in [0.15, 0.2) is 36.7 Å². The first-order chi connectivity index (χ1) is 10.5. The van der Waals surface area contributed by atoms with Crippen molar-refractivity contribution >= 4 is 0 Å². The molecule has 1 aromatic carbocycles. The van der Waals surface area contributed by atoms with Gasteiger partial charge in [-0.3, -0.25) is 4.90 Å². The van der Waals surface area contributed by atoms with Gasteiger partial charge in [0.1, 0.15) is 11.6 Å². The quantitative estimate of drug-likeness (QED) is 0.946. The standard InChI is InChI=1S/C17H20FN3O/c1-13-19-10-14(11-20-13)12-21-8-6-17(22,7-9-21)15-2-4-16(18)5-3-15/h2-5,10-11,22H,6-9,12H2,1H3. The van der Waals surface area contributed by atoms with Crippen LogP contribution in [0, 0.1) is 12.7 Å². The monoisotopic (exact) mass is 301 g/mol. The van der Waals surface area contributed by atoms with Gasteiger partial charge in [-0.25, -0.2) is 14.4 Å². The van der Waals surface area contributed by atoms with Crippen LogP contribution in [0.3, 0.4) is 0 Å². The number of nitrogens with zero attached hydrogens (tertiary/aromatic N) is 3.